The van der Waals surface area contributed by atoms with Crippen LogP contribution in [-0.2, 0) is 0 Å². The van der Waals surface area contributed by atoms with Crippen LogP contribution in [0.3, 0.4) is 0 Å². The van der Waals surface area contributed by atoms with Crippen LogP contribution >= 0.6 is 0 Å². The normalized spacial score (nSPS) is 10.1. The monoisotopic (exact) mass is 308 g/mol. The van der Waals surface area contributed by atoms with Gasteiger partial charge in [-0.2, -0.15) is 0 Å². The summed E-state index contributed by atoms with van der Waals surface area (Å²) in [5.41, 5.74) is -0.547. The fourth-order valence-corrected chi connectivity index (χ4v) is 1.56. The molecule has 2 N–H and O–H groups in total. The summed E-state index contributed by atoms with van der Waals surface area (Å²) in [4.78, 5) is 19.6. The van der Waals surface area contributed by atoms with Crippen molar-refractivity contribution in [3.8, 4) is 0 Å². The molecule has 0 spiro atoms. The number of nitrogens with one attached hydrogen (secondary N) is 2. The van der Waals surface area contributed by atoms with Crippen molar-refractivity contribution in [1.82, 2.24) is 9.97 Å². The van der Waals surface area contributed by atoms with Crippen molar-refractivity contribution in [2.75, 3.05) is 17.2 Å². The third kappa shape index (κ3) is 3.40. The molecule has 0 saturated heterocycles. The number of carbonyl (C=O) groups excluding carboxylic acids is 1. The van der Waals surface area contributed by atoms with Gasteiger partial charge in [0, 0.05) is 12.6 Å². The highest BCUT2D eigenvalue weighted by atomic mass is 19.2. The summed E-state index contributed by atoms with van der Waals surface area (Å²) in [5.74, 6) is -4.89. The lowest BCUT2D eigenvalue weighted by Gasteiger charge is -2.08. The van der Waals surface area contributed by atoms with Gasteiger partial charge in [-0.25, -0.2) is 23.1 Å². The summed E-state index contributed by atoms with van der Waals surface area (Å²) in [6.45, 7) is 3.95. The van der Waals surface area contributed by atoms with Crippen molar-refractivity contribution in [2.24, 2.45) is 0 Å². The molecule has 0 saturated carbocycles. The lowest BCUT2D eigenvalue weighted by atomic mass is 10.2. The standard InChI is InChI=1S/C14H11F3N4O/c1-2-5-18-11-6-10(19-7-20-11)14(22)21-9-4-3-8(15)12(16)13(9)17/h2-4,6-7H,1,5H2,(H,21,22)(H,18,19,20). The topological polar surface area (TPSA) is 66.9 Å². The van der Waals surface area contributed by atoms with Gasteiger partial charge >= 0.3 is 0 Å². The minimum Gasteiger partial charge on any atom is -0.366 e. The van der Waals surface area contributed by atoms with Gasteiger partial charge in [0.05, 0.1) is 5.69 Å². The average Bonchev–Trinajstić information content (AvgIpc) is 2.53. The zero-order valence-corrected chi connectivity index (χ0v) is 11.2. The van der Waals surface area contributed by atoms with E-state index in [0.717, 1.165) is 12.4 Å². The average molecular weight is 308 g/mol. The van der Waals surface area contributed by atoms with Gasteiger partial charge < -0.3 is 10.6 Å². The van der Waals surface area contributed by atoms with Crippen LogP contribution in [0.15, 0.2) is 37.2 Å². The lowest BCUT2D eigenvalue weighted by Crippen LogP contribution is -2.16. The molecule has 8 heteroatoms. The molecule has 0 aliphatic rings. The lowest BCUT2D eigenvalue weighted by molar-refractivity contribution is 0.102. The van der Waals surface area contributed by atoms with Crippen LogP contribution in [-0.4, -0.2) is 22.4 Å². The van der Waals surface area contributed by atoms with Crippen LogP contribution in [0.4, 0.5) is 24.7 Å². The summed E-state index contributed by atoms with van der Waals surface area (Å²) < 4.78 is 39.4. The first-order chi connectivity index (χ1) is 10.5. The van der Waals surface area contributed by atoms with Gasteiger partial charge in [-0.3, -0.25) is 4.79 Å². The van der Waals surface area contributed by atoms with E-state index in [1.54, 1.807) is 6.08 Å². The maximum absolute atomic E-state index is 13.5. The van der Waals surface area contributed by atoms with E-state index >= 15 is 0 Å². The summed E-state index contributed by atoms with van der Waals surface area (Å²) in [6.07, 6.45) is 2.74. The number of anilines is 2. The second-order valence-corrected chi connectivity index (χ2v) is 4.14. The van der Waals surface area contributed by atoms with Crippen LogP contribution in [0.5, 0.6) is 0 Å². The number of carbonyl (C=O) groups is 1. The van der Waals surface area contributed by atoms with E-state index in [0.29, 0.717) is 18.4 Å². The zero-order chi connectivity index (χ0) is 16.1. The Balaban J connectivity index is 2.19. The molecule has 2 aromatic rings. The Kier molecular flexibility index (Phi) is 4.72. The van der Waals surface area contributed by atoms with E-state index in [2.05, 4.69) is 27.2 Å². The summed E-state index contributed by atoms with van der Waals surface area (Å²) >= 11 is 0. The smallest absolute Gasteiger partial charge is 0.274 e. The number of benzene rings is 1. The van der Waals surface area contributed by atoms with Crippen molar-refractivity contribution in [1.29, 1.82) is 0 Å². The quantitative estimate of drug-likeness (QED) is 0.658. The van der Waals surface area contributed by atoms with E-state index in [-0.39, 0.29) is 5.69 Å². The van der Waals surface area contributed by atoms with Crippen LogP contribution in [0.1, 0.15) is 10.5 Å². The third-order valence-electron chi connectivity index (χ3n) is 2.61. The Morgan fingerprint density at radius 3 is 2.73 bits per heavy atom. The van der Waals surface area contributed by atoms with Gasteiger partial charge in [0.15, 0.2) is 17.5 Å². The highest BCUT2D eigenvalue weighted by molar-refractivity contribution is 6.03. The highest BCUT2D eigenvalue weighted by Crippen LogP contribution is 2.20. The molecule has 0 fully saturated rings. The van der Waals surface area contributed by atoms with Gasteiger partial charge in [-0.15, -0.1) is 6.58 Å². The van der Waals surface area contributed by atoms with Gasteiger partial charge in [-0.05, 0) is 12.1 Å². The van der Waals surface area contributed by atoms with Crippen molar-refractivity contribution in [2.45, 2.75) is 0 Å². The maximum Gasteiger partial charge on any atom is 0.274 e. The first-order valence-corrected chi connectivity index (χ1v) is 6.14. The summed E-state index contributed by atoms with van der Waals surface area (Å²) in [5, 5.41) is 4.97. The van der Waals surface area contributed by atoms with Crippen LogP contribution in [0.2, 0.25) is 0 Å². The Hall–Kier alpha value is -2.90. The Labute approximate surface area is 123 Å². The second kappa shape index (κ2) is 6.70. The SMILES string of the molecule is C=CCNc1cc(C(=O)Nc2ccc(F)c(F)c2F)ncn1. The van der Waals surface area contributed by atoms with Gasteiger partial charge in [0.1, 0.15) is 17.8 Å². The number of hydrogen-bond acceptors (Lipinski definition) is 4. The first-order valence-electron chi connectivity index (χ1n) is 6.14. The van der Waals surface area contributed by atoms with E-state index < -0.39 is 29.0 Å². The van der Waals surface area contributed by atoms with Crippen molar-refractivity contribution < 1.29 is 18.0 Å². The van der Waals surface area contributed by atoms with Gasteiger partial charge in [0.2, 0.25) is 0 Å². The molecule has 0 bridgehead atoms. The minimum absolute atomic E-state index is 0.0642. The molecule has 1 amide bonds. The van der Waals surface area contributed by atoms with E-state index in [1.165, 1.54) is 6.07 Å². The number of hydrogen-bond donors (Lipinski definition) is 2. The third-order valence-corrected chi connectivity index (χ3v) is 2.61. The zero-order valence-electron chi connectivity index (χ0n) is 11.2. The van der Waals surface area contributed by atoms with E-state index in [4.69, 9.17) is 0 Å². The van der Waals surface area contributed by atoms with Crippen LogP contribution in [0, 0.1) is 17.5 Å². The van der Waals surface area contributed by atoms with E-state index in [9.17, 15) is 18.0 Å². The van der Waals surface area contributed by atoms with Crippen LogP contribution in [0.25, 0.3) is 0 Å². The highest BCUT2D eigenvalue weighted by Gasteiger charge is 2.16. The molecule has 0 radical (unpaired) electrons. The fourth-order valence-electron chi connectivity index (χ4n) is 1.56. The molecule has 1 heterocycles. The van der Waals surface area contributed by atoms with Crippen molar-refractivity contribution in [3.05, 3.63) is 60.3 Å². The molecule has 114 valence electrons. The number of rotatable bonds is 5. The molecule has 5 nitrogen and oxygen atoms in total. The predicted octanol–water partition coefficient (Wildman–Crippen LogP) is 2.74. The van der Waals surface area contributed by atoms with E-state index in [1.807, 2.05) is 0 Å². The summed E-state index contributed by atoms with van der Waals surface area (Å²) in [7, 11) is 0. The van der Waals surface area contributed by atoms with Crippen molar-refractivity contribution >= 4 is 17.4 Å². The molecule has 2 rings (SSSR count). The molecule has 22 heavy (non-hydrogen) atoms. The fraction of sp³-hybridized carbons (Fsp3) is 0.0714. The van der Waals surface area contributed by atoms with Gasteiger partial charge in [-0.1, -0.05) is 6.08 Å². The maximum atomic E-state index is 13.5. The van der Waals surface area contributed by atoms with Crippen molar-refractivity contribution in [3.63, 3.8) is 0 Å². The number of amides is 1. The Morgan fingerprint density at radius 2 is 2.00 bits per heavy atom. The molecular weight excluding hydrogens is 297 g/mol. The first kappa shape index (κ1) is 15.5. The molecule has 0 aliphatic heterocycles. The summed E-state index contributed by atoms with van der Waals surface area (Å²) in [6, 6.07) is 2.96. The molecule has 0 unspecified atom stereocenters. The molecular formula is C14H11F3N4O. The van der Waals surface area contributed by atoms with Gasteiger partial charge in [0.25, 0.3) is 5.91 Å². The molecule has 0 atom stereocenters. The second-order valence-electron chi connectivity index (χ2n) is 4.14. The molecule has 1 aromatic carbocycles. The van der Waals surface area contributed by atoms with Crippen LogP contribution < -0.4 is 10.6 Å². The minimum atomic E-state index is -1.66. The Morgan fingerprint density at radius 1 is 1.23 bits per heavy atom. The Bertz CT molecular complexity index is 721. The number of nitrogens with zero attached hydrogens (tertiary/aromatic N) is 2. The largest absolute Gasteiger partial charge is 0.366 e. The molecule has 1 aromatic heterocycles. The number of halogens is 3. The molecule has 0 aliphatic carbocycles. The number of aromatic nitrogens is 2. The predicted molar refractivity (Wildman–Crippen MR) is 75.0 cm³/mol.